The molecule has 0 saturated carbocycles. The fraction of sp³-hybridized carbons (Fsp3) is 0.263. The summed E-state index contributed by atoms with van der Waals surface area (Å²) in [5, 5.41) is 2.59. The van der Waals surface area contributed by atoms with Crippen molar-refractivity contribution in [1.82, 2.24) is 5.32 Å². The molecule has 1 atom stereocenters. The number of hydrogen-bond acceptors (Lipinski definition) is 5. The highest BCUT2D eigenvalue weighted by molar-refractivity contribution is 5.99. The van der Waals surface area contributed by atoms with E-state index in [0.717, 1.165) is 0 Å². The van der Waals surface area contributed by atoms with E-state index < -0.39 is 23.4 Å². The van der Waals surface area contributed by atoms with E-state index in [9.17, 15) is 14.4 Å². The van der Waals surface area contributed by atoms with Crippen molar-refractivity contribution in [3.63, 3.8) is 0 Å². The number of terminal acetylenes is 1. The molecule has 1 aromatic carbocycles. The van der Waals surface area contributed by atoms with Crippen molar-refractivity contribution in [2.45, 2.75) is 18.4 Å². The first-order chi connectivity index (χ1) is 12.0. The molecule has 0 aromatic heterocycles. The number of amides is 1. The molecule has 6 heteroatoms. The predicted molar refractivity (Wildman–Crippen MR) is 91.4 cm³/mol. The van der Waals surface area contributed by atoms with E-state index >= 15 is 0 Å². The fourth-order valence-electron chi connectivity index (χ4n) is 2.10. The zero-order chi connectivity index (χ0) is 18.7. The summed E-state index contributed by atoms with van der Waals surface area (Å²) >= 11 is 0. The molecule has 0 aliphatic carbocycles. The van der Waals surface area contributed by atoms with E-state index in [2.05, 4.69) is 23.5 Å². The molecule has 0 saturated heterocycles. The zero-order valence-corrected chi connectivity index (χ0v) is 13.9. The average molecular weight is 341 g/mol. The van der Waals surface area contributed by atoms with Crippen molar-refractivity contribution in [2.24, 2.45) is 0 Å². The van der Waals surface area contributed by atoms with Crippen LogP contribution in [0.1, 0.15) is 23.2 Å². The number of carbonyl (C=O) groups excluding carboxylic acids is 3. The Morgan fingerprint density at radius 1 is 1.32 bits per heavy atom. The van der Waals surface area contributed by atoms with Gasteiger partial charge in [-0.1, -0.05) is 30.7 Å². The number of benzene rings is 1. The van der Waals surface area contributed by atoms with E-state index in [1.54, 1.807) is 30.3 Å². The van der Waals surface area contributed by atoms with E-state index in [4.69, 9.17) is 15.9 Å². The van der Waals surface area contributed by atoms with Gasteiger partial charge in [0, 0.05) is 12.0 Å². The highest BCUT2D eigenvalue weighted by Crippen LogP contribution is 2.19. The molecule has 1 unspecified atom stereocenters. The van der Waals surface area contributed by atoms with Gasteiger partial charge in [-0.3, -0.25) is 9.59 Å². The molecule has 0 radical (unpaired) electrons. The quantitative estimate of drug-likeness (QED) is 0.441. The van der Waals surface area contributed by atoms with Gasteiger partial charge in [-0.15, -0.1) is 12.2 Å². The van der Waals surface area contributed by atoms with Crippen LogP contribution in [0.25, 0.3) is 0 Å². The number of ether oxygens (including phenoxy) is 2. The van der Waals surface area contributed by atoms with Crippen molar-refractivity contribution in [2.75, 3.05) is 13.7 Å². The van der Waals surface area contributed by atoms with Gasteiger partial charge in [0.1, 0.15) is 0 Å². The summed E-state index contributed by atoms with van der Waals surface area (Å²) in [5.41, 5.74) is 1.22. The minimum absolute atomic E-state index is 0.0931. The summed E-state index contributed by atoms with van der Waals surface area (Å²) in [4.78, 5) is 36.4. The normalized spacial score (nSPS) is 11.8. The molecule has 0 fully saturated rings. The lowest BCUT2D eigenvalue weighted by atomic mass is 9.92. The number of nitrogens with one attached hydrogen (secondary N) is 1. The highest BCUT2D eigenvalue weighted by atomic mass is 16.5. The molecular weight excluding hydrogens is 322 g/mol. The zero-order valence-electron chi connectivity index (χ0n) is 13.9. The van der Waals surface area contributed by atoms with Gasteiger partial charge in [0.25, 0.3) is 5.91 Å². The van der Waals surface area contributed by atoms with Crippen LogP contribution in [0.4, 0.5) is 0 Å². The molecule has 0 aliphatic rings. The van der Waals surface area contributed by atoms with Crippen molar-refractivity contribution >= 4 is 17.8 Å². The maximum absolute atomic E-state index is 12.4. The SMILES string of the molecule is C#CCOC(=O)CCC(C=C=C)(NC(=O)c1ccccc1)C(=O)OC. The molecule has 0 spiro atoms. The van der Waals surface area contributed by atoms with Gasteiger partial charge < -0.3 is 14.8 Å². The lowest BCUT2D eigenvalue weighted by Crippen LogP contribution is -2.54. The summed E-state index contributed by atoms with van der Waals surface area (Å²) < 4.78 is 9.56. The van der Waals surface area contributed by atoms with Crippen LogP contribution in [0.15, 0.2) is 48.7 Å². The maximum atomic E-state index is 12.4. The molecule has 1 rings (SSSR count). The van der Waals surface area contributed by atoms with Gasteiger partial charge in [0.2, 0.25) is 0 Å². The maximum Gasteiger partial charge on any atom is 0.336 e. The van der Waals surface area contributed by atoms with Crippen LogP contribution >= 0.6 is 0 Å². The topological polar surface area (TPSA) is 81.7 Å². The first kappa shape index (κ1) is 19.8. The predicted octanol–water partition coefficient (Wildman–Crippen LogP) is 1.63. The van der Waals surface area contributed by atoms with Crippen LogP contribution in [0.2, 0.25) is 0 Å². The minimum atomic E-state index is -1.60. The lowest BCUT2D eigenvalue weighted by molar-refractivity contribution is -0.147. The van der Waals surface area contributed by atoms with Crippen molar-refractivity contribution in [3.05, 3.63) is 54.3 Å². The standard InChI is InChI=1S/C19H19NO5/c1-4-12-19(18(23)24-3,13-11-16(21)25-14-5-2)20-17(22)15-9-7-6-8-10-15/h2,6-10,12H,1,11,13-14H2,3H3,(H,20,22). The number of rotatable bonds is 8. The summed E-state index contributed by atoms with van der Waals surface area (Å²) in [6.07, 6.45) is 6.03. The third kappa shape index (κ3) is 5.69. The van der Waals surface area contributed by atoms with Gasteiger partial charge >= 0.3 is 11.9 Å². The summed E-state index contributed by atoms with van der Waals surface area (Å²) in [6, 6.07) is 8.33. The fourth-order valence-corrected chi connectivity index (χ4v) is 2.10. The van der Waals surface area contributed by atoms with Crippen molar-refractivity contribution in [3.8, 4) is 12.3 Å². The Kier molecular flexibility index (Phi) is 7.71. The monoisotopic (exact) mass is 341 g/mol. The molecule has 0 aliphatic heterocycles. The molecule has 6 nitrogen and oxygen atoms in total. The highest BCUT2D eigenvalue weighted by Gasteiger charge is 2.39. The van der Waals surface area contributed by atoms with Gasteiger partial charge in [0.15, 0.2) is 12.1 Å². The first-order valence-electron chi connectivity index (χ1n) is 7.41. The van der Waals surface area contributed by atoms with Crippen LogP contribution in [0.5, 0.6) is 0 Å². The largest absolute Gasteiger partial charge is 0.467 e. The third-order valence-electron chi connectivity index (χ3n) is 3.31. The molecule has 1 amide bonds. The molecule has 1 aromatic rings. The second kappa shape index (κ2) is 9.76. The van der Waals surface area contributed by atoms with Crippen molar-refractivity contribution in [1.29, 1.82) is 0 Å². The minimum Gasteiger partial charge on any atom is -0.467 e. The molecular formula is C19H19NO5. The van der Waals surface area contributed by atoms with E-state index in [0.29, 0.717) is 5.56 Å². The molecule has 0 bridgehead atoms. The molecule has 1 N–H and O–H groups in total. The Morgan fingerprint density at radius 2 is 2.00 bits per heavy atom. The third-order valence-corrected chi connectivity index (χ3v) is 3.31. The van der Waals surface area contributed by atoms with E-state index in [1.807, 2.05) is 0 Å². The molecule has 25 heavy (non-hydrogen) atoms. The van der Waals surface area contributed by atoms with Crippen LogP contribution in [-0.2, 0) is 19.1 Å². The molecule has 130 valence electrons. The second-order valence-electron chi connectivity index (χ2n) is 5.00. The van der Waals surface area contributed by atoms with Crippen LogP contribution in [0, 0.1) is 12.3 Å². The van der Waals surface area contributed by atoms with Gasteiger partial charge in [-0.05, 0) is 24.6 Å². The van der Waals surface area contributed by atoms with Crippen LogP contribution < -0.4 is 5.32 Å². The van der Waals surface area contributed by atoms with E-state index in [1.165, 1.54) is 13.2 Å². The number of carbonyl (C=O) groups is 3. The van der Waals surface area contributed by atoms with Gasteiger partial charge in [-0.25, -0.2) is 4.79 Å². The Labute approximate surface area is 146 Å². The molecule has 0 heterocycles. The first-order valence-corrected chi connectivity index (χ1v) is 7.41. The Hall–Kier alpha value is -3.29. The van der Waals surface area contributed by atoms with Gasteiger partial charge in [0.05, 0.1) is 7.11 Å². The second-order valence-corrected chi connectivity index (χ2v) is 5.00. The number of methoxy groups -OCH3 is 1. The Balaban J connectivity index is 3.03. The smallest absolute Gasteiger partial charge is 0.336 e. The van der Waals surface area contributed by atoms with Crippen LogP contribution in [-0.4, -0.2) is 37.1 Å². The van der Waals surface area contributed by atoms with Crippen molar-refractivity contribution < 1.29 is 23.9 Å². The van der Waals surface area contributed by atoms with Gasteiger partial charge in [-0.2, -0.15) is 0 Å². The van der Waals surface area contributed by atoms with Crippen LogP contribution in [0.3, 0.4) is 0 Å². The van der Waals surface area contributed by atoms with E-state index in [-0.39, 0.29) is 19.4 Å². The Bertz CT molecular complexity index is 713. The lowest BCUT2D eigenvalue weighted by Gasteiger charge is -2.28. The summed E-state index contributed by atoms with van der Waals surface area (Å²) in [5.74, 6) is 0.317. The summed E-state index contributed by atoms with van der Waals surface area (Å²) in [7, 11) is 1.18. The number of esters is 2. The number of hydrogen-bond donors (Lipinski definition) is 1. The summed E-state index contributed by atoms with van der Waals surface area (Å²) in [6.45, 7) is 3.27. The Morgan fingerprint density at radius 3 is 2.56 bits per heavy atom. The average Bonchev–Trinajstić information content (AvgIpc) is 2.64.